The van der Waals surface area contributed by atoms with Gasteiger partial charge in [0.2, 0.25) is 0 Å². The molecule has 0 unspecified atom stereocenters. The molecule has 2 aromatic heterocycles. The molecule has 10 aromatic carbocycles. The molecule has 12 aromatic rings. The Morgan fingerprint density at radius 3 is 1.26 bits per heavy atom. The van der Waals surface area contributed by atoms with E-state index in [2.05, 4.69) is 241 Å². The highest BCUT2D eigenvalue weighted by Gasteiger charge is 2.26. The monoisotopic (exact) mass is 811 g/mol. The minimum atomic E-state index is 1.11. The number of thiophene rings is 1. The van der Waals surface area contributed by atoms with Gasteiger partial charge in [-0.1, -0.05) is 151 Å². The largest absolute Gasteiger partial charge is 0.310 e. The quantitative estimate of drug-likeness (QED) is 0.159. The van der Waals surface area contributed by atoms with Crippen molar-refractivity contribution >= 4 is 109 Å². The van der Waals surface area contributed by atoms with Crippen LogP contribution in [0.2, 0.25) is 0 Å². The van der Waals surface area contributed by atoms with Crippen molar-refractivity contribution in [1.29, 1.82) is 0 Å². The number of hydrogen-bond donors (Lipinski definition) is 0. The SMILES string of the molecule is Cc1ccc(N(c2ccccc2)c2cc3c(c4ccccc24)c2c4ccccc4c(N(c4ccccc4)c4ccc(C)cc4)cc2n3-c2cccc3c2sc2ccccc23)cc1. The minimum Gasteiger partial charge on any atom is -0.310 e. The van der Waals surface area contributed by atoms with E-state index < -0.39 is 0 Å². The number of aromatic nitrogens is 1. The van der Waals surface area contributed by atoms with E-state index in [1.54, 1.807) is 0 Å². The number of nitrogens with zero attached hydrogens (tertiary/aromatic N) is 3. The molecule has 0 spiro atoms. The number of aryl methyl sites for hydroxylation is 2. The van der Waals surface area contributed by atoms with Crippen molar-refractivity contribution in [3.63, 3.8) is 0 Å². The maximum absolute atomic E-state index is 2.57. The third-order valence-electron chi connectivity index (χ3n) is 12.5. The van der Waals surface area contributed by atoms with Crippen molar-refractivity contribution in [3.8, 4) is 5.69 Å². The summed E-state index contributed by atoms with van der Waals surface area (Å²) in [5.74, 6) is 0. The van der Waals surface area contributed by atoms with Crippen LogP contribution >= 0.6 is 11.3 Å². The van der Waals surface area contributed by atoms with Crippen LogP contribution in [0.1, 0.15) is 11.1 Å². The number of benzene rings is 10. The Morgan fingerprint density at radius 2 is 0.758 bits per heavy atom. The first kappa shape index (κ1) is 36.2. The number of para-hydroxylation sites is 2. The topological polar surface area (TPSA) is 11.4 Å². The smallest absolute Gasteiger partial charge is 0.0640 e. The molecule has 0 radical (unpaired) electrons. The van der Waals surface area contributed by atoms with Gasteiger partial charge in [-0.05, 0) is 97.4 Å². The molecule has 0 aliphatic carbocycles. The molecule has 4 heteroatoms. The molecule has 12 rings (SSSR count). The van der Waals surface area contributed by atoms with Gasteiger partial charge in [-0.25, -0.2) is 0 Å². The van der Waals surface area contributed by atoms with Crippen molar-refractivity contribution in [2.75, 3.05) is 9.80 Å². The van der Waals surface area contributed by atoms with Gasteiger partial charge in [-0.2, -0.15) is 0 Å². The lowest BCUT2D eigenvalue weighted by Gasteiger charge is -2.27. The predicted molar refractivity (Wildman–Crippen MR) is 268 cm³/mol. The maximum Gasteiger partial charge on any atom is 0.0640 e. The van der Waals surface area contributed by atoms with Crippen molar-refractivity contribution < 1.29 is 0 Å². The minimum absolute atomic E-state index is 1.11. The third-order valence-corrected chi connectivity index (χ3v) is 13.7. The zero-order chi connectivity index (χ0) is 41.3. The van der Waals surface area contributed by atoms with E-state index >= 15 is 0 Å². The Bertz CT molecular complexity index is 3460. The van der Waals surface area contributed by atoms with Gasteiger partial charge in [0.05, 0.1) is 32.8 Å². The second kappa shape index (κ2) is 14.5. The number of anilines is 6. The average molecular weight is 812 g/mol. The first-order chi connectivity index (χ1) is 30.6. The molecule has 62 heavy (non-hydrogen) atoms. The highest BCUT2D eigenvalue weighted by atomic mass is 32.1. The van der Waals surface area contributed by atoms with Crippen LogP contribution in [0.4, 0.5) is 34.1 Å². The second-order valence-corrected chi connectivity index (χ2v) is 17.3. The van der Waals surface area contributed by atoms with Crippen LogP contribution in [0.5, 0.6) is 0 Å². The summed E-state index contributed by atoms with van der Waals surface area (Å²) < 4.78 is 5.14. The van der Waals surface area contributed by atoms with Crippen molar-refractivity contribution in [3.05, 3.63) is 223 Å². The number of hydrogen-bond acceptors (Lipinski definition) is 3. The van der Waals surface area contributed by atoms with E-state index in [0.29, 0.717) is 0 Å². The summed E-state index contributed by atoms with van der Waals surface area (Å²) in [5.41, 5.74) is 12.7. The van der Waals surface area contributed by atoms with E-state index in [4.69, 9.17) is 0 Å². The van der Waals surface area contributed by atoms with E-state index in [9.17, 15) is 0 Å². The normalized spacial score (nSPS) is 11.7. The molecule has 0 N–H and O–H groups in total. The van der Waals surface area contributed by atoms with Crippen molar-refractivity contribution in [1.82, 2.24) is 4.57 Å². The molecule has 0 aliphatic rings. The molecule has 0 amide bonds. The lowest BCUT2D eigenvalue weighted by atomic mass is 9.96. The summed E-state index contributed by atoms with van der Waals surface area (Å²) in [6.45, 7) is 4.31. The van der Waals surface area contributed by atoms with E-state index in [1.807, 2.05) is 11.3 Å². The fraction of sp³-hybridized carbons (Fsp3) is 0.0345. The standard InChI is InChI=1S/C58H41N3S/c1-38-28-32-42(33-29-38)59(40-16-5-3-6-17-40)51-36-53-56(47-23-11-9-20-44(47)51)57-48-24-12-10-21-45(48)52(60(41-18-7-4-8-19-41)43-34-30-39(2)31-35-43)37-54(57)61(53)50-26-15-25-49-46-22-13-14-27-55(46)62-58(49)50/h3-37H,1-2H3. The first-order valence-electron chi connectivity index (χ1n) is 21.3. The molecule has 0 atom stereocenters. The summed E-state index contributed by atoms with van der Waals surface area (Å²) in [6.07, 6.45) is 0. The van der Waals surface area contributed by atoms with Crippen LogP contribution in [0, 0.1) is 13.8 Å². The first-order valence-corrected chi connectivity index (χ1v) is 22.1. The molecule has 0 saturated heterocycles. The number of rotatable bonds is 7. The van der Waals surface area contributed by atoms with Gasteiger partial charge in [-0.3, -0.25) is 0 Å². The Hall–Kier alpha value is -7.66. The molecule has 0 aliphatic heterocycles. The van der Waals surface area contributed by atoms with Gasteiger partial charge in [0.25, 0.3) is 0 Å². The average Bonchev–Trinajstić information content (AvgIpc) is 3.87. The van der Waals surface area contributed by atoms with Crippen molar-refractivity contribution in [2.45, 2.75) is 13.8 Å². The molecule has 294 valence electrons. The van der Waals surface area contributed by atoms with Crippen LogP contribution in [0.25, 0.3) is 69.2 Å². The van der Waals surface area contributed by atoms with Crippen LogP contribution in [-0.2, 0) is 0 Å². The lowest BCUT2D eigenvalue weighted by Crippen LogP contribution is -2.11. The second-order valence-electron chi connectivity index (χ2n) is 16.3. The van der Waals surface area contributed by atoms with E-state index in [0.717, 1.165) is 45.2 Å². The Kier molecular flexibility index (Phi) is 8.48. The van der Waals surface area contributed by atoms with Gasteiger partial charge in [0.1, 0.15) is 0 Å². The molecular weight excluding hydrogens is 771 g/mol. The van der Waals surface area contributed by atoms with Gasteiger partial charge < -0.3 is 14.4 Å². The van der Waals surface area contributed by atoms with Crippen LogP contribution < -0.4 is 9.80 Å². The summed E-state index contributed by atoms with van der Waals surface area (Å²) in [4.78, 5) is 4.86. The Labute approximate surface area is 364 Å². The van der Waals surface area contributed by atoms with E-state index in [1.165, 1.54) is 69.3 Å². The Balaban J connectivity index is 1.28. The summed E-state index contributed by atoms with van der Waals surface area (Å²) >= 11 is 1.88. The summed E-state index contributed by atoms with van der Waals surface area (Å²) in [7, 11) is 0. The molecular formula is C58H41N3S. The van der Waals surface area contributed by atoms with Gasteiger partial charge in [0, 0.05) is 59.8 Å². The Morgan fingerprint density at radius 1 is 0.355 bits per heavy atom. The molecule has 3 nitrogen and oxygen atoms in total. The van der Waals surface area contributed by atoms with E-state index in [-0.39, 0.29) is 0 Å². The molecule has 0 bridgehead atoms. The van der Waals surface area contributed by atoms with Crippen molar-refractivity contribution in [2.24, 2.45) is 0 Å². The summed E-state index contributed by atoms with van der Waals surface area (Å²) in [6, 6.07) is 78.1. The van der Waals surface area contributed by atoms with Crippen LogP contribution in [-0.4, -0.2) is 4.57 Å². The molecule has 2 heterocycles. The number of fused-ring (bicyclic) bond motifs is 10. The fourth-order valence-corrected chi connectivity index (χ4v) is 10.8. The maximum atomic E-state index is 2.57. The van der Waals surface area contributed by atoms with Crippen LogP contribution in [0.15, 0.2) is 212 Å². The molecule has 0 fully saturated rings. The van der Waals surface area contributed by atoms with Gasteiger partial charge in [-0.15, -0.1) is 11.3 Å². The van der Waals surface area contributed by atoms with Crippen LogP contribution in [0.3, 0.4) is 0 Å². The highest BCUT2D eigenvalue weighted by Crippen LogP contribution is 2.51. The van der Waals surface area contributed by atoms with Gasteiger partial charge in [0.15, 0.2) is 0 Å². The fourth-order valence-electron chi connectivity index (χ4n) is 9.63. The lowest BCUT2D eigenvalue weighted by molar-refractivity contribution is 1.20. The highest BCUT2D eigenvalue weighted by molar-refractivity contribution is 7.26. The predicted octanol–water partition coefficient (Wildman–Crippen LogP) is 17.0. The zero-order valence-electron chi connectivity index (χ0n) is 34.5. The third kappa shape index (κ3) is 5.72. The summed E-state index contributed by atoms with van der Waals surface area (Å²) in [5, 5.41) is 9.89. The molecule has 0 saturated carbocycles. The zero-order valence-corrected chi connectivity index (χ0v) is 35.3. The van der Waals surface area contributed by atoms with Gasteiger partial charge >= 0.3 is 0 Å².